The molecule has 210 valence electrons. The number of methoxy groups -OCH3 is 1. The highest BCUT2D eigenvalue weighted by atomic mass is 35.5. The zero-order chi connectivity index (χ0) is 28.8. The summed E-state index contributed by atoms with van der Waals surface area (Å²) in [6.07, 6.45) is 1.28. The summed E-state index contributed by atoms with van der Waals surface area (Å²) in [4.78, 5) is 27.8. The molecular weight excluding hydrogens is 573 g/mol. The molecule has 2 aromatic rings. The highest BCUT2D eigenvalue weighted by molar-refractivity contribution is 7.92. The molecule has 0 aromatic heterocycles. The van der Waals surface area contributed by atoms with Gasteiger partial charge in [0.05, 0.1) is 24.1 Å². The number of ether oxygens (including phenoxy) is 1. The molecule has 0 spiro atoms. The van der Waals surface area contributed by atoms with Crippen LogP contribution >= 0.6 is 34.8 Å². The Hall–Kier alpha value is -2.20. The van der Waals surface area contributed by atoms with E-state index in [-0.39, 0.29) is 42.8 Å². The van der Waals surface area contributed by atoms with Gasteiger partial charge in [-0.25, -0.2) is 8.42 Å². The van der Waals surface area contributed by atoms with Crippen LogP contribution in [0.2, 0.25) is 15.1 Å². The first-order chi connectivity index (χ1) is 17.5. The van der Waals surface area contributed by atoms with Crippen LogP contribution in [0.4, 0.5) is 5.69 Å². The zero-order valence-corrected chi connectivity index (χ0v) is 25.4. The molecule has 0 saturated carbocycles. The number of hydrogen-bond donors (Lipinski definition) is 1. The molecule has 2 aromatic carbocycles. The van der Waals surface area contributed by atoms with Gasteiger partial charge in [-0.05, 0) is 70.0 Å². The molecule has 0 saturated heterocycles. The summed E-state index contributed by atoms with van der Waals surface area (Å²) in [6.45, 7) is 7.31. The molecule has 0 aliphatic rings. The van der Waals surface area contributed by atoms with Crippen LogP contribution in [0, 0.1) is 0 Å². The number of halogens is 3. The summed E-state index contributed by atoms with van der Waals surface area (Å²) in [6, 6.07) is 8.80. The smallest absolute Gasteiger partial charge is 0.242 e. The third kappa shape index (κ3) is 9.22. The Bertz CT molecular complexity index is 1270. The average Bonchev–Trinajstić information content (AvgIpc) is 2.78. The van der Waals surface area contributed by atoms with Gasteiger partial charge in [0.1, 0.15) is 11.8 Å². The third-order valence-corrected chi connectivity index (χ3v) is 7.67. The quantitative estimate of drug-likeness (QED) is 0.363. The minimum atomic E-state index is -3.67. The van der Waals surface area contributed by atoms with Gasteiger partial charge in [0.25, 0.3) is 0 Å². The van der Waals surface area contributed by atoms with Gasteiger partial charge in [0.15, 0.2) is 0 Å². The second-order valence-electron chi connectivity index (χ2n) is 9.93. The SMILES string of the molecule is COc1ccc(N(CCCC(=O)N(Cc2ccc(Cl)cc2Cl)C(C)C(=O)NC(C)(C)C)S(C)(=O)=O)cc1Cl. The number of anilines is 1. The predicted octanol–water partition coefficient (Wildman–Crippen LogP) is 5.53. The van der Waals surface area contributed by atoms with Crippen molar-refractivity contribution in [3.8, 4) is 5.75 Å². The summed E-state index contributed by atoms with van der Waals surface area (Å²) in [5.74, 6) is -0.228. The molecular formula is C26H34Cl3N3O5S. The molecule has 1 N–H and O–H groups in total. The maximum atomic E-state index is 13.4. The zero-order valence-electron chi connectivity index (χ0n) is 22.3. The van der Waals surface area contributed by atoms with Crippen molar-refractivity contribution >= 4 is 62.3 Å². The Labute approximate surface area is 240 Å². The topological polar surface area (TPSA) is 96.0 Å². The summed E-state index contributed by atoms with van der Waals surface area (Å²) in [5, 5.41) is 3.99. The van der Waals surface area contributed by atoms with Crippen LogP contribution in [0.3, 0.4) is 0 Å². The van der Waals surface area contributed by atoms with Crippen LogP contribution in [0.15, 0.2) is 36.4 Å². The molecule has 2 amide bonds. The summed E-state index contributed by atoms with van der Waals surface area (Å²) in [5.41, 5.74) is 0.493. The molecule has 0 aliphatic carbocycles. The molecule has 0 bridgehead atoms. The summed E-state index contributed by atoms with van der Waals surface area (Å²) in [7, 11) is -2.20. The van der Waals surface area contributed by atoms with Crippen LogP contribution in [0.5, 0.6) is 5.75 Å². The second-order valence-corrected chi connectivity index (χ2v) is 13.1. The predicted molar refractivity (Wildman–Crippen MR) is 154 cm³/mol. The first-order valence-corrected chi connectivity index (χ1v) is 14.9. The summed E-state index contributed by atoms with van der Waals surface area (Å²) < 4.78 is 31.4. The van der Waals surface area contributed by atoms with E-state index in [1.807, 2.05) is 20.8 Å². The van der Waals surface area contributed by atoms with Crippen LogP contribution in [-0.2, 0) is 26.2 Å². The molecule has 0 radical (unpaired) electrons. The lowest BCUT2D eigenvalue weighted by molar-refractivity contribution is -0.141. The highest BCUT2D eigenvalue weighted by Crippen LogP contribution is 2.30. The van der Waals surface area contributed by atoms with E-state index in [9.17, 15) is 18.0 Å². The molecule has 38 heavy (non-hydrogen) atoms. The van der Waals surface area contributed by atoms with Gasteiger partial charge < -0.3 is 15.0 Å². The molecule has 0 heterocycles. The number of carbonyl (C=O) groups excluding carboxylic acids is 2. The number of amides is 2. The lowest BCUT2D eigenvalue weighted by Crippen LogP contribution is -2.52. The van der Waals surface area contributed by atoms with Crippen LogP contribution in [0.25, 0.3) is 0 Å². The number of nitrogens with zero attached hydrogens (tertiary/aromatic N) is 2. The molecule has 1 atom stereocenters. The maximum Gasteiger partial charge on any atom is 0.242 e. The van der Waals surface area contributed by atoms with Gasteiger partial charge >= 0.3 is 0 Å². The van der Waals surface area contributed by atoms with E-state index in [0.29, 0.717) is 27.0 Å². The first-order valence-electron chi connectivity index (χ1n) is 11.9. The van der Waals surface area contributed by atoms with Gasteiger partial charge in [-0.15, -0.1) is 0 Å². The van der Waals surface area contributed by atoms with Gasteiger partial charge in [0, 0.05) is 35.1 Å². The lowest BCUT2D eigenvalue weighted by atomic mass is 10.1. The van der Waals surface area contributed by atoms with Crippen LogP contribution in [-0.4, -0.2) is 56.6 Å². The third-order valence-electron chi connectivity index (χ3n) is 5.60. The second kappa shape index (κ2) is 13.2. The molecule has 0 fully saturated rings. The number of rotatable bonds is 11. The van der Waals surface area contributed by atoms with Crippen molar-refractivity contribution in [2.24, 2.45) is 0 Å². The van der Waals surface area contributed by atoms with Crippen LogP contribution < -0.4 is 14.4 Å². The van der Waals surface area contributed by atoms with E-state index >= 15 is 0 Å². The normalized spacial score (nSPS) is 12.6. The van der Waals surface area contributed by atoms with Gasteiger partial charge in [-0.3, -0.25) is 13.9 Å². The Morgan fingerprint density at radius 2 is 1.71 bits per heavy atom. The number of hydrogen-bond acceptors (Lipinski definition) is 5. The minimum absolute atomic E-state index is 0.00570. The van der Waals surface area contributed by atoms with Crippen molar-refractivity contribution in [3.05, 3.63) is 57.0 Å². The van der Waals surface area contributed by atoms with E-state index in [0.717, 1.165) is 6.26 Å². The average molecular weight is 607 g/mol. The van der Waals surface area contributed by atoms with Crippen molar-refractivity contribution < 1.29 is 22.7 Å². The molecule has 8 nitrogen and oxygen atoms in total. The fraction of sp³-hybridized carbons (Fsp3) is 0.462. The van der Waals surface area contributed by atoms with E-state index < -0.39 is 21.6 Å². The molecule has 2 rings (SSSR count). The Balaban J connectivity index is 2.25. The van der Waals surface area contributed by atoms with E-state index in [1.165, 1.54) is 22.4 Å². The first kappa shape index (κ1) is 32.0. The standard InChI is InChI=1S/C26H34Cl3N3O5S/c1-17(25(34)30-26(2,3)4)31(16-18-9-10-19(27)14-21(18)28)24(33)8-7-13-32(38(6,35)36)20-11-12-23(37-5)22(29)15-20/h9-12,14-15,17H,7-8,13,16H2,1-6H3,(H,30,34). The monoisotopic (exact) mass is 605 g/mol. The maximum absolute atomic E-state index is 13.4. The Kier molecular flexibility index (Phi) is 11.2. The highest BCUT2D eigenvalue weighted by Gasteiger charge is 2.29. The molecule has 0 aliphatic heterocycles. The molecule has 12 heteroatoms. The lowest BCUT2D eigenvalue weighted by Gasteiger charge is -2.32. The van der Waals surface area contributed by atoms with E-state index in [4.69, 9.17) is 39.5 Å². The van der Waals surface area contributed by atoms with Gasteiger partial charge in [-0.2, -0.15) is 0 Å². The van der Waals surface area contributed by atoms with Crippen molar-refractivity contribution in [2.75, 3.05) is 24.2 Å². The number of benzene rings is 2. The number of nitrogens with one attached hydrogen (secondary N) is 1. The fourth-order valence-corrected chi connectivity index (χ4v) is 5.38. The number of carbonyl (C=O) groups is 2. The minimum Gasteiger partial charge on any atom is -0.495 e. The molecule has 1 unspecified atom stereocenters. The number of sulfonamides is 1. The van der Waals surface area contributed by atoms with E-state index in [1.54, 1.807) is 37.3 Å². The Morgan fingerprint density at radius 1 is 1.05 bits per heavy atom. The van der Waals surface area contributed by atoms with Crippen molar-refractivity contribution in [3.63, 3.8) is 0 Å². The van der Waals surface area contributed by atoms with Crippen LogP contribution in [0.1, 0.15) is 46.1 Å². The largest absolute Gasteiger partial charge is 0.495 e. The summed E-state index contributed by atoms with van der Waals surface area (Å²) >= 11 is 18.6. The van der Waals surface area contributed by atoms with Crippen molar-refractivity contribution in [1.82, 2.24) is 10.2 Å². The fourth-order valence-electron chi connectivity index (χ4n) is 3.70. The van der Waals surface area contributed by atoms with Gasteiger partial charge in [-0.1, -0.05) is 40.9 Å². The van der Waals surface area contributed by atoms with E-state index in [2.05, 4.69) is 5.32 Å². The van der Waals surface area contributed by atoms with Gasteiger partial charge in [0.2, 0.25) is 21.8 Å². The Morgan fingerprint density at radius 3 is 2.24 bits per heavy atom. The van der Waals surface area contributed by atoms with Crippen molar-refractivity contribution in [1.29, 1.82) is 0 Å². The van der Waals surface area contributed by atoms with Crippen molar-refractivity contribution in [2.45, 2.75) is 58.7 Å².